The molecule has 3 N–H and O–H groups in total. The first-order valence-corrected chi connectivity index (χ1v) is 4.38. The standard InChI is InChI=1S/C10H13NO4/c1-14-9-5-3-2-4-7(9)8(12)6-15-10(11)13/h2-5,8,12H,6H2,1H3,(H2,11,13). The molecule has 1 rings (SSSR count). The quantitative estimate of drug-likeness (QED) is 0.772. The molecule has 82 valence electrons. The topological polar surface area (TPSA) is 81.8 Å². The molecule has 0 aliphatic carbocycles. The van der Waals surface area contributed by atoms with Gasteiger partial charge in [0.25, 0.3) is 0 Å². The van der Waals surface area contributed by atoms with Gasteiger partial charge in [-0.05, 0) is 6.07 Å². The van der Waals surface area contributed by atoms with Crippen LogP contribution in [0.15, 0.2) is 24.3 Å². The fourth-order valence-electron chi connectivity index (χ4n) is 1.19. The predicted molar refractivity (Wildman–Crippen MR) is 53.5 cm³/mol. The number of benzene rings is 1. The third-order valence-corrected chi connectivity index (χ3v) is 1.88. The Kier molecular flexibility index (Phi) is 3.93. The highest BCUT2D eigenvalue weighted by molar-refractivity contribution is 5.64. The molecular weight excluding hydrogens is 198 g/mol. The number of primary amides is 1. The lowest BCUT2D eigenvalue weighted by atomic mass is 10.1. The van der Waals surface area contributed by atoms with Crippen LogP contribution in [0, 0.1) is 0 Å². The lowest BCUT2D eigenvalue weighted by Gasteiger charge is -2.13. The molecule has 0 aromatic heterocycles. The van der Waals surface area contributed by atoms with Crippen LogP contribution in [-0.4, -0.2) is 24.9 Å². The first kappa shape index (κ1) is 11.3. The van der Waals surface area contributed by atoms with Crippen molar-refractivity contribution in [2.75, 3.05) is 13.7 Å². The van der Waals surface area contributed by atoms with Crippen LogP contribution in [0.4, 0.5) is 4.79 Å². The zero-order chi connectivity index (χ0) is 11.3. The molecule has 0 fully saturated rings. The molecule has 0 bridgehead atoms. The van der Waals surface area contributed by atoms with Crippen molar-refractivity contribution in [3.8, 4) is 5.75 Å². The Labute approximate surface area is 87.4 Å². The summed E-state index contributed by atoms with van der Waals surface area (Å²) in [5.41, 5.74) is 5.34. The predicted octanol–water partition coefficient (Wildman–Crippen LogP) is 0.824. The zero-order valence-electron chi connectivity index (χ0n) is 8.34. The molecule has 0 saturated heterocycles. The molecule has 1 aromatic rings. The Balaban J connectivity index is 2.72. The molecule has 0 spiro atoms. The van der Waals surface area contributed by atoms with Crippen molar-refractivity contribution < 1.29 is 19.4 Å². The zero-order valence-corrected chi connectivity index (χ0v) is 8.34. The lowest BCUT2D eigenvalue weighted by molar-refractivity contribution is 0.0714. The second-order valence-corrected chi connectivity index (χ2v) is 2.89. The second kappa shape index (κ2) is 5.21. The monoisotopic (exact) mass is 211 g/mol. The minimum absolute atomic E-state index is 0.185. The number of carbonyl (C=O) groups is 1. The van der Waals surface area contributed by atoms with Gasteiger partial charge in [0.2, 0.25) is 0 Å². The molecule has 0 aliphatic heterocycles. The largest absolute Gasteiger partial charge is 0.496 e. The average molecular weight is 211 g/mol. The Morgan fingerprint density at radius 3 is 2.80 bits per heavy atom. The summed E-state index contributed by atoms with van der Waals surface area (Å²) in [7, 11) is 1.50. The summed E-state index contributed by atoms with van der Waals surface area (Å²) in [5.74, 6) is 0.540. The summed E-state index contributed by atoms with van der Waals surface area (Å²) in [6, 6.07) is 6.94. The Morgan fingerprint density at radius 2 is 2.20 bits per heavy atom. The van der Waals surface area contributed by atoms with Crippen molar-refractivity contribution in [3.05, 3.63) is 29.8 Å². The van der Waals surface area contributed by atoms with Gasteiger partial charge in [0.15, 0.2) is 0 Å². The van der Waals surface area contributed by atoms with Crippen molar-refractivity contribution in [1.82, 2.24) is 0 Å². The van der Waals surface area contributed by atoms with Crippen LogP contribution in [0.2, 0.25) is 0 Å². The van der Waals surface area contributed by atoms with Crippen LogP contribution in [0.5, 0.6) is 5.75 Å². The number of rotatable bonds is 4. The Bertz CT molecular complexity index is 340. The van der Waals surface area contributed by atoms with Gasteiger partial charge in [-0.1, -0.05) is 18.2 Å². The molecule has 0 radical (unpaired) electrons. The number of nitrogens with two attached hydrogens (primary N) is 1. The number of methoxy groups -OCH3 is 1. The van der Waals surface area contributed by atoms with Gasteiger partial charge in [-0.2, -0.15) is 0 Å². The number of ether oxygens (including phenoxy) is 2. The van der Waals surface area contributed by atoms with E-state index in [0.717, 1.165) is 0 Å². The number of aliphatic hydroxyl groups is 1. The molecule has 0 heterocycles. The van der Waals surface area contributed by atoms with Gasteiger partial charge in [0, 0.05) is 5.56 Å². The van der Waals surface area contributed by atoms with Crippen molar-refractivity contribution >= 4 is 6.09 Å². The number of carbonyl (C=O) groups excluding carboxylic acids is 1. The van der Waals surface area contributed by atoms with Gasteiger partial charge in [-0.3, -0.25) is 0 Å². The normalized spacial score (nSPS) is 11.9. The Morgan fingerprint density at radius 1 is 1.53 bits per heavy atom. The van der Waals surface area contributed by atoms with Crippen molar-refractivity contribution in [2.45, 2.75) is 6.10 Å². The smallest absolute Gasteiger partial charge is 0.404 e. The van der Waals surface area contributed by atoms with Crippen LogP contribution >= 0.6 is 0 Å². The van der Waals surface area contributed by atoms with E-state index in [4.69, 9.17) is 10.5 Å². The highest BCUT2D eigenvalue weighted by atomic mass is 16.6. The number of hydrogen-bond donors (Lipinski definition) is 2. The molecule has 0 aliphatic rings. The van der Waals surface area contributed by atoms with E-state index in [1.54, 1.807) is 24.3 Å². The van der Waals surface area contributed by atoms with Crippen LogP contribution in [-0.2, 0) is 4.74 Å². The minimum atomic E-state index is -0.936. The third kappa shape index (κ3) is 3.14. The van der Waals surface area contributed by atoms with E-state index in [0.29, 0.717) is 11.3 Å². The molecule has 1 amide bonds. The highest BCUT2D eigenvalue weighted by Gasteiger charge is 2.13. The van der Waals surface area contributed by atoms with E-state index in [-0.39, 0.29) is 6.61 Å². The number of hydrogen-bond acceptors (Lipinski definition) is 4. The summed E-state index contributed by atoms with van der Waals surface area (Å²) < 4.78 is 9.53. The maximum absolute atomic E-state index is 10.3. The van der Waals surface area contributed by atoms with Gasteiger partial charge in [0.05, 0.1) is 7.11 Å². The lowest BCUT2D eigenvalue weighted by Crippen LogP contribution is -2.18. The summed E-state index contributed by atoms with van der Waals surface area (Å²) in [6.45, 7) is -0.185. The molecule has 5 nitrogen and oxygen atoms in total. The van der Waals surface area contributed by atoms with Crippen LogP contribution in [0.3, 0.4) is 0 Å². The van der Waals surface area contributed by atoms with Gasteiger partial charge >= 0.3 is 6.09 Å². The molecule has 1 aromatic carbocycles. The van der Waals surface area contributed by atoms with Crippen LogP contribution < -0.4 is 10.5 Å². The first-order chi connectivity index (χ1) is 7.15. The van der Waals surface area contributed by atoms with E-state index in [1.165, 1.54) is 7.11 Å². The first-order valence-electron chi connectivity index (χ1n) is 4.38. The summed E-state index contributed by atoms with van der Waals surface area (Å²) in [5, 5.41) is 9.67. The van der Waals surface area contributed by atoms with Crippen molar-refractivity contribution in [3.63, 3.8) is 0 Å². The maximum atomic E-state index is 10.3. The number of amides is 1. The average Bonchev–Trinajstić information content (AvgIpc) is 2.25. The number of para-hydroxylation sites is 1. The van der Waals surface area contributed by atoms with Gasteiger partial charge in [0.1, 0.15) is 18.5 Å². The maximum Gasteiger partial charge on any atom is 0.404 e. The van der Waals surface area contributed by atoms with Gasteiger partial charge in [-0.25, -0.2) is 4.79 Å². The van der Waals surface area contributed by atoms with E-state index < -0.39 is 12.2 Å². The van der Waals surface area contributed by atoms with Crippen molar-refractivity contribution in [2.24, 2.45) is 5.73 Å². The highest BCUT2D eigenvalue weighted by Crippen LogP contribution is 2.24. The molecule has 5 heteroatoms. The molecule has 0 saturated carbocycles. The fraction of sp³-hybridized carbons (Fsp3) is 0.300. The fourth-order valence-corrected chi connectivity index (χ4v) is 1.19. The summed E-state index contributed by atoms with van der Waals surface area (Å²) in [6.07, 6.45) is -1.85. The van der Waals surface area contributed by atoms with Gasteiger partial charge < -0.3 is 20.3 Å². The molecule has 1 atom stereocenters. The van der Waals surface area contributed by atoms with Crippen LogP contribution in [0.25, 0.3) is 0 Å². The van der Waals surface area contributed by atoms with E-state index >= 15 is 0 Å². The minimum Gasteiger partial charge on any atom is -0.496 e. The van der Waals surface area contributed by atoms with Gasteiger partial charge in [-0.15, -0.1) is 0 Å². The SMILES string of the molecule is COc1ccccc1C(O)COC(N)=O. The Hall–Kier alpha value is -1.75. The third-order valence-electron chi connectivity index (χ3n) is 1.88. The van der Waals surface area contributed by atoms with E-state index in [1.807, 2.05) is 0 Å². The van der Waals surface area contributed by atoms with E-state index in [9.17, 15) is 9.90 Å². The molecule has 15 heavy (non-hydrogen) atoms. The number of aliphatic hydroxyl groups excluding tert-OH is 1. The summed E-state index contributed by atoms with van der Waals surface area (Å²) >= 11 is 0. The van der Waals surface area contributed by atoms with Crippen molar-refractivity contribution in [1.29, 1.82) is 0 Å². The summed E-state index contributed by atoms with van der Waals surface area (Å²) in [4.78, 5) is 10.3. The second-order valence-electron chi connectivity index (χ2n) is 2.89. The molecule has 1 unspecified atom stereocenters. The van der Waals surface area contributed by atoms with Crippen LogP contribution in [0.1, 0.15) is 11.7 Å². The molecular formula is C10H13NO4. The van der Waals surface area contributed by atoms with E-state index in [2.05, 4.69) is 4.74 Å².